The van der Waals surface area contributed by atoms with Crippen LogP contribution < -0.4 is 5.32 Å². The van der Waals surface area contributed by atoms with E-state index in [1.54, 1.807) is 40.7 Å². The number of hydrogen-bond donors (Lipinski definition) is 1. The molecule has 2 aromatic carbocycles. The molecular formula is C19H23N3O4S. The molecule has 1 heterocycles. The maximum Gasteiger partial charge on any atom is 0.269 e. The lowest BCUT2D eigenvalue weighted by Gasteiger charge is -2.25. The van der Waals surface area contributed by atoms with E-state index in [0.29, 0.717) is 31.1 Å². The average molecular weight is 389 g/mol. The molecule has 0 unspecified atom stereocenters. The van der Waals surface area contributed by atoms with E-state index in [-0.39, 0.29) is 5.69 Å². The molecule has 7 nitrogen and oxygen atoms in total. The third-order valence-electron chi connectivity index (χ3n) is 4.66. The first-order valence-corrected chi connectivity index (χ1v) is 10.4. The van der Waals surface area contributed by atoms with Gasteiger partial charge in [-0.05, 0) is 36.1 Å². The quantitative estimate of drug-likeness (QED) is 0.580. The smallest absolute Gasteiger partial charge is 0.269 e. The Morgan fingerprint density at radius 3 is 2.30 bits per heavy atom. The van der Waals surface area contributed by atoms with Crippen molar-refractivity contribution in [2.24, 2.45) is 0 Å². The Labute approximate surface area is 159 Å². The Balaban J connectivity index is 1.58. The van der Waals surface area contributed by atoms with Gasteiger partial charge < -0.3 is 5.32 Å². The van der Waals surface area contributed by atoms with Crippen molar-refractivity contribution in [3.63, 3.8) is 0 Å². The summed E-state index contributed by atoms with van der Waals surface area (Å²) in [6, 6.07) is 13.4. The number of benzene rings is 2. The summed E-state index contributed by atoms with van der Waals surface area (Å²) in [7, 11) is -3.41. The van der Waals surface area contributed by atoms with Crippen LogP contribution in [0.1, 0.15) is 30.4 Å². The highest BCUT2D eigenvalue weighted by atomic mass is 32.2. The number of non-ortho nitro benzene ring substituents is 1. The fourth-order valence-electron chi connectivity index (χ4n) is 3.16. The summed E-state index contributed by atoms with van der Waals surface area (Å²) in [4.78, 5) is 10.7. The predicted octanol–water partition coefficient (Wildman–Crippen LogP) is 3.06. The number of rotatable bonds is 7. The van der Waals surface area contributed by atoms with Crippen LogP contribution in [0.3, 0.4) is 0 Å². The second-order valence-electron chi connectivity index (χ2n) is 6.64. The van der Waals surface area contributed by atoms with E-state index in [2.05, 4.69) is 5.32 Å². The molecule has 1 saturated heterocycles. The number of piperidine rings is 1. The van der Waals surface area contributed by atoms with E-state index in [1.165, 1.54) is 6.07 Å². The molecule has 0 atom stereocenters. The minimum absolute atomic E-state index is 0.0709. The molecule has 144 valence electrons. The average Bonchev–Trinajstić information content (AvgIpc) is 2.69. The number of nitro groups is 1. The van der Waals surface area contributed by atoms with Gasteiger partial charge in [0.25, 0.3) is 5.69 Å². The van der Waals surface area contributed by atoms with Crippen LogP contribution in [0, 0.1) is 10.1 Å². The fourth-order valence-corrected chi connectivity index (χ4v) is 4.68. The first-order chi connectivity index (χ1) is 13.0. The van der Waals surface area contributed by atoms with Crippen molar-refractivity contribution in [2.75, 3.05) is 13.1 Å². The molecule has 0 amide bonds. The first-order valence-electron chi connectivity index (χ1n) is 9.00. The Morgan fingerprint density at radius 1 is 0.963 bits per heavy atom. The van der Waals surface area contributed by atoms with Crippen LogP contribution in [-0.4, -0.2) is 30.7 Å². The molecule has 2 aromatic rings. The Hall–Kier alpha value is -2.29. The van der Waals surface area contributed by atoms with E-state index >= 15 is 0 Å². The standard InChI is InChI=1S/C19H23N3O4S/c23-22(24)18-6-4-5-17(13-18)15-20-14-16-7-9-19(10-8-16)27(25,26)21-11-2-1-3-12-21/h4-10,13,20H,1-3,11-12,14-15H2. The highest BCUT2D eigenvalue weighted by molar-refractivity contribution is 7.89. The van der Waals surface area contributed by atoms with Crippen LogP contribution in [0.5, 0.6) is 0 Å². The largest absolute Gasteiger partial charge is 0.309 e. The zero-order valence-corrected chi connectivity index (χ0v) is 15.8. The second-order valence-corrected chi connectivity index (χ2v) is 8.58. The Morgan fingerprint density at radius 2 is 1.63 bits per heavy atom. The van der Waals surface area contributed by atoms with Gasteiger partial charge in [0.05, 0.1) is 9.82 Å². The van der Waals surface area contributed by atoms with Crippen LogP contribution in [0.4, 0.5) is 5.69 Å². The third-order valence-corrected chi connectivity index (χ3v) is 6.57. The van der Waals surface area contributed by atoms with Crippen LogP contribution in [-0.2, 0) is 23.1 Å². The summed E-state index contributed by atoms with van der Waals surface area (Å²) in [6.07, 6.45) is 2.92. The third kappa shape index (κ3) is 4.91. The molecule has 1 N–H and O–H groups in total. The lowest BCUT2D eigenvalue weighted by molar-refractivity contribution is -0.384. The molecule has 0 aliphatic carbocycles. The monoisotopic (exact) mass is 389 g/mol. The van der Waals surface area contributed by atoms with Crippen LogP contribution in [0.2, 0.25) is 0 Å². The van der Waals surface area contributed by atoms with Gasteiger partial charge in [-0.3, -0.25) is 10.1 Å². The summed E-state index contributed by atoms with van der Waals surface area (Å²) < 4.78 is 26.8. The van der Waals surface area contributed by atoms with Crippen molar-refractivity contribution in [3.05, 3.63) is 69.8 Å². The van der Waals surface area contributed by atoms with Gasteiger partial charge >= 0.3 is 0 Å². The van der Waals surface area contributed by atoms with Gasteiger partial charge in [0.2, 0.25) is 10.0 Å². The fraction of sp³-hybridized carbons (Fsp3) is 0.368. The summed E-state index contributed by atoms with van der Waals surface area (Å²) in [5.41, 5.74) is 1.85. The van der Waals surface area contributed by atoms with E-state index in [9.17, 15) is 18.5 Å². The maximum absolute atomic E-state index is 12.6. The minimum Gasteiger partial charge on any atom is -0.309 e. The van der Waals surface area contributed by atoms with Crippen LogP contribution in [0.25, 0.3) is 0 Å². The zero-order valence-electron chi connectivity index (χ0n) is 15.0. The molecule has 0 saturated carbocycles. The minimum atomic E-state index is -3.41. The van der Waals surface area contributed by atoms with Crippen molar-refractivity contribution < 1.29 is 13.3 Å². The van der Waals surface area contributed by atoms with E-state index in [0.717, 1.165) is 30.4 Å². The van der Waals surface area contributed by atoms with Crippen molar-refractivity contribution in [1.82, 2.24) is 9.62 Å². The highest BCUT2D eigenvalue weighted by Crippen LogP contribution is 2.21. The van der Waals surface area contributed by atoms with Gasteiger partial charge in [0.15, 0.2) is 0 Å². The second kappa shape index (κ2) is 8.60. The number of sulfonamides is 1. The number of hydrogen-bond acceptors (Lipinski definition) is 5. The molecule has 0 aromatic heterocycles. The molecular weight excluding hydrogens is 366 g/mol. The lowest BCUT2D eigenvalue weighted by Crippen LogP contribution is -2.35. The van der Waals surface area contributed by atoms with Crippen LogP contribution >= 0.6 is 0 Å². The SMILES string of the molecule is O=[N+]([O-])c1cccc(CNCc2ccc(S(=O)(=O)N3CCCCC3)cc2)c1. The van der Waals surface area contributed by atoms with Gasteiger partial charge in [-0.15, -0.1) is 0 Å². The molecule has 0 radical (unpaired) electrons. The van der Waals surface area contributed by atoms with Gasteiger partial charge in [0.1, 0.15) is 0 Å². The number of nitrogens with one attached hydrogen (secondary N) is 1. The lowest BCUT2D eigenvalue weighted by atomic mass is 10.2. The predicted molar refractivity (Wildman–Crippen MR) is 103 cm³/mol. The number of nitro benzene ring substituents is 1. The maximum atomic E-state index is 12.6. The first kappa shape index (κ1) is 19.5. The van der Waals surface area contributed by atoms with Gasteiger partial charge in [0, 0.05) is 38.3 Å². The van der Waals surface area contributed by atoms with E-state index in [4.69, 9.17) is 0 Å². The summed E-state index contributed by atoms with van der Waals surface area (Å²) in [5, 5.41) is 14.0. The molecule has 0 spiro atoms. The Kier molecular flexibility index (Phi) is 6.20. The summed E-state index contributed by atoms with van der Waals surface area (Å²) in [5.74, 6) is 0. The number of nitrogens with zero attached hydrogens (tertiary/aromatic N) is 2. The normalized spacial score (nSPS) is 15.6. The van der Waals surface area contributed by atoms with Gasteiger partial charge in [-0.2, -0.15) is 4.31 Å². The zero-order chi connectivity index (χ0) is 19.3. The van der Waals surface area contributed by atoms with Crippen molar-refractivity contribution in [3.8, 4) is 0 Å². The van der Waals surface area contributed by atoms with Crippen molar-refractivity contribution >= 4 is 15.7 Å². The van der Waals surface area contributed by atoms with Gasteiger partial charge in [-0.1, -0.05) is 30.7 Å². The topological polar surface area (TPSA) is 92.5 Å². The van der Waals surface area contributed by atoms with Crippen molar-refractivity contribution in [1.29, 1.82) is 0 Å². The molecule has 3 rings (SSSR count). The highest BCUT2D eigenvalue weighted by Gasteiger charge is 2.25. The van der Waals surface area contributed by atoms with Crippen LogP contribution in [0.15, 0.2) is 53.4 Å². The van der Waals surface area contributed by atoms with Gasteiger partial charge in [-0.25, -0.2) is 8.42 Å². The Bertz CT molecular complexity index is 891. The molecule has 27 heavy (non-hydrogen) atoms. The summed E-state index contributed by atoms with van der Waals surface area (Å²) >= 11 is 0. The van der Waals surface area contributed by atoms with E-state index in [1.807, 2.05) is 6.07 Å². The molecule has 1 fully saturated rings. The summed E-state index contributed by atoms with van der Waals surface area (Å²) in [6.45, 7) is 2.23. The molecule has 1 aliphatic heterocycles. The molecule has 8 heteroatoms. The van der Waals surface area contributed by atoms with E-state index < -0.39 is 14.9 Å². The van der Waals surface area contributed by atoms with Crippen molar-refractivity contribution in [2.45, 2.75) is 37.2 Å². The molecule has 0 bridgehead atoms. The molecule has 1 aliphatic rings.